The van der Waals surface area contributed by atoms with Gasteiger partial charge in [0.25, 0.3) is 5.91 Å². The lowest BCUT2D eigenvalue weighted by Gasteiger charge is -2.32. The molecule has 1 aromatic rings. The first kappa shape index (κ1) is 17.2. The summed E-state index contributed by atoms with van der Waals surface area (Å²) in [6.07, 6.45) is 2.54. The van der Waals surface area contributed by atoms with Crippen LogP contribution in [0.1, 0.15) is 19.8 Å². The molecule has 24 heavy (non-hydrogen) atoms. The Morgan fingerprint density at radius 2 is 1.75 bits per heavy atom. The van der Waals surface area contributed by atoms with E-state index in [1.54, 1.807) is 4.90 Å². The number of rotatable bonds is 4. The van der Waals surface area contributed by atoms with Crippen LogP contribution in [0.4, 0.5) is 11.4 Å². The van der Waals surface area contributed by atoms with Crippen LogP contribution in [0.2, 0.25) is 0 Å². The molecule has 5 nitrogen and oxygen atoms in total. The van der Waals surface area contributed by atoms with Gasteiger partial charge >= 0.3 is 0 Å². The molecule has 0 atom stereocenters. The largest absolute Gasteiger partial charge is 0.372 e. The van der Waals surface area contributed by atoms with E-state index in [2.05, 4.69) is 36.3 Å². The standard InChI is InChI=1S/C19H30N4O/c1-16-7-9-23(10-8-16)18-5-3-17(4-6-18)20-19(24)15-22-13-11-21(2)12-14-22/h3-6,16H,7-15H2,1-2H3,(H,20,24)/p+2. The minimum Gasteiger partial charge on any atom is -0.372 e. The molecule has 5 heteroatoms. The van der Waals surface area contributed by atoms with Gasteiger partial charge in [0.1, 0.15) is 26.2 Å². The topological polar surface area (TPSA) is 41.2 Å². The molecule has 0 aliphatic carbocycles. The number of carbonyl (C=O) groups is 1. The Bertz CT molecular complexity index is 529. The molecule has 0 spiro atoms. The van der Waals surface area contributed by atoms with Crippen molar-refractivity contribution < 1.29 is 14.6 Å². The van der Waals surface area contributed by atoms with Crippen LogP contribution in [0.3, 0.4) is 0 Å². The summed E-state index contributed by atoms with van der Waals surface area (Å²) in [5.74, 6) is 0.975. The van der Waals surface area contributed by atoms with Gasteiger partial charge < -0.3 is 20.0 Å². The predicted octanol–water partition coefficient (Wildman–Crippen LogP) is -0.725. The van der Waals surface area contributed by atoms with Crippen LogP contribution in [0.5, 0.6) is 0 Å². The van der Waals surface area contributed by atoms with Crippen LogP contribution in [-0.2, 0) is 4.79 Å². The van der Waals surface area contributed by atoms with Crippen molar-refractivity contribution in [3.8, 4) is 0 Å². The van der Waals surface area contributed by atoms with Gasteiger partial charge in [-0.3, -0.25) is 4.79 Å². The number of amides is 1. The summed E-state index contributed by atoms with van der Waals surface area (Å²) in [7, 11) is 2.22. The highest BCUT2D eigenvalue weighted by molar-refractivity contribution is 5.91. The number of quaternary nitrogens is 2. The van der Waals surface area contributed by atoms with E-state index in [1.807, 2.05) is 12.1 Å². The number of anilines is 2. The fourth-order valence-corrected chi connectivity index (χ4v) is 3.66. The second kappa shape index (κ2) is 7.99. The number of nitrogens with one attached hydrogen (secondary N) is 3. The van der Waals surface area contributed by atoms with Crippen LogP contribution in [0, 0.1) is 5.92 Å². The molecule has 0 bridgehead atoms. The third-order valence-corrected chi connectivity index (χ3v) is 5.52. The van der Waals surface area contributed by atoms with Crippen molar-refractivity contribution in [2.24, 2.45) is 5.92 Å². The average Bonchev–Trinajstić information content (AvgIpc) is 2.58. The minimum absolute atomic E-state index is 0.129. The molecule has 2 saturated heterocycles. The molecule has 2 heterocycles. The van der Waals surface area contributed by atoms with Gasteiger partial charge in [0.2, 0.25) is 0 Å². The second-order valence-electron chi connectivity index (χ2n) is 7.65. The summed E-state index contributed by atoms with van der Waals surface area (Å²) in [5.41, 5.74) is 2.18. The SMILES string of the molecule is CC1CCN(c2ccc(NC(=O)C[NH+]3CC[NH+](C)CC3)cc2)CC1. The maximum absolute atomic E-state index is 12.2. The van der Waals surface area contributed by atoms with Gasteiger partial charge in [-0.1, -0.05) is 6.92 Å². The van der Waals surface area contributed by atoms with Crippen molar-refractivity contribution in [2.75, 3.05) is 63.1 Å². The third-order valence-electron chi connectivity index (χ3n) is 5.52. The zero-order valence-electron chi connectivity index (χ0n) is 15.1. The van der Waals surface area contributed by atoms with Gasteiger partial charge in [-0.2, -0.15) is 0 Å². The number of hydrogen-bond acceptors (Lipinski definition) is 2. The lowest BCUT2D eigenvalue weighted by atomic mass is 9.99. The molecule has 1 aromatic carbocycles. The van der Waals surface area contributed by atoms with Crippen molar-refractivity contribution in [3.05, 3.63) is 24.3 Å². The van der Waals surface area contributed by atoms with E-state index in [0.717, 1.165) is 50.9 Å². The van der Waals surface area contributed by atoms with E-state index >= 15 is 0 Å². The fourth-order valence-electron chi connectivity index (χ4n) is 3.66. The number of carbonyl (C=O) groups excluding carboxylic acids is 1. The summed E-state index contributed by atoms with van der Waals surface area (Å²) in [4.78, 5) is 17.7. The predicted molar refractivity (Wildman–Crippen MR) is 97.9 cm³/mol. The van der Waals surface area contributed by atoms with Gasteiger partial charge in [-0.25, -0.2) is 0 Å². The third kappa shape index (κ3) is 4.71. The fraction of sp³-hybridized carbons (Fsp3) is 0.632. The first-order valence-electron chi connectivity index (χ1n) is 9.40. The summed E-state index contributed by atoms with van der Waals surface area (Å²) >= 11 is 0. The molecule has 0 radical (unpaired) electrons. The normalized spacial score (nSPS) is 25.5. The zero-order valence-corrected chi connectivity index (χ0v) is 15.1. The van der Waals surface area contributed by atoms with E-state index in [9.17, 15) is 4.79 Å². The molecule has 0 aromatic heterocycles. The Morgan fingerprint density at radius 1 is 1.12 bits per heavy atom. The summed E-state index contributed by atoms with van der Waals surface area (Å²) in [6, 6.07) is 8.35. The Labute approximate surface area is 145 Å². The van der Waals surface area contributed by atoms with Crippen molar-refractivity contribution >= 4 is 17.3 Å². The highest BCUT2D eigenvalue weighted by atomic mass is 16.2. The van der Waals surface area contributed by atoms with Crippen LogP contribution < -0.4 is 20.0 Å². The maximum atomic E-state index is 12.2. The van der Waals surface area contributed by atoms with Crippen molar-refractivity contribution in [1.82, 2.24) is 0 Å². The van der Waals surface area contributed by atoms with Crippen molar-refractivity contribution in [2.45, 2.75) is 19.8 Å². The van der Waals surface area contributed by atoms with E-state index < -0.39 is 0 Å². The number of piperidine rings is 1. The van der Waals surface area contributed by atoms with E-state index in [0.29, 0.717) is 6.54 Å². The molecule has 0 unspecified atom stereocenters. The number of likely N-dealkylation sites (N-methyl/N-ethyl adjacent to an activating group) is 1. The average molecular weight is 332 g/mol. The Hall–Kier alpha value is -1.59. The highest BCUT2D eigenvalue weighted by Crippen LogP contribution is 2.24. The van der Waals surface area contributed by atoms with Crippen molar-refractivity contribution in [3.63, 3.8) is 0 Å². The number of piperazine rings is 1. The van der Waals surface area contributed by atoms with Crippen LogP contribution in [0.15, 0.2) is 24.3 Å². The minimum atomic E-state index is 0.129. The van der Waals surface area contributed by atoms with Crippen molar-refractivity contribution in [1.29, 1.82) is 0 Å². The highest BCUT2D eigenvalue weighted by Gasteiger charge is 2.22. The molecule has 0 saturated carbocycles. The smallest absolute Gasteiger partial charge is 0.279 e. The molecule has 1 amide bonds. The van der Waals surface area contributed by atoms with Crippen LogP contribution in [-0.4, -0.2) is 58.8 Å². The molecular formula is C19H32N4O+2. The Balaban J connectivity index is 1.48. The molecular weight excluding hydrogens is 300 g/mol. The second-order valence-corrected chi connectivity index (χ2v) is 7.65. The molecule has 2 aliphatic rings. The molecule has 3 N–H and O–H groups in total. The van der Waals surface area contributed by atoms with Crippen LogP contribution in [0.25, 0.3) is 0 Å². The molecule has 2 aliphatic heterocycles. The van der Waals surface area contributed by atoms with E-state index in [-0.39, 0.29) is 5.91 Å². The quantitative estimate of drug-likeness (QED) is 0.681. The summed E-state index contributed by atoms with van der Waals surface area (Å²) in [6.45, 7) is 9.69. The van der Waals surface area contributed by atoms with Crippen LogP contribution >= 0.6 is 0 Å². The van der Waals surface area contributed by atoms with E-state index in [1.165, 1.54) is 23.4 Å². The van der Waals surface area contributed by atoms with E-state index in [4.69, 9.17) is 0 Å². The van der Waals surface area contributed by atoms with Gasteiger partial charge in [0, 0.05) is 24.5 Å². The lowest BCUT2D eigenvalue weighted by molar-refractivity contribution is -0.999. The Morgan fingerprint density at radius 3 is 2.38 bits per heavy atom. The van der Waals surface area contributed by atoms with Gasteiger partial charge in [-0.15, -0.1) is 0 Å². The zero-order chi connectivity index (χ0) is 16.9. The molecule has 132 valence electrons. The molecule has 3 rings (SSSR count). The first-order valence-corrected chi connectivity index (χ1v) is 9.40. The first-order chi connectivity index (χ1) is 11.6. The van der Waals surface area contributed by atoms with Gasteiger partial charge in [0.05, 0.1) is 7.05 Å². The van der Waals surface area contributed by atoms with Gasteiger partial charge in [-0.05, 0) is 43.0 Å². The summed E-state index contributed by atoms with van der Waals surface area (Å²) in [5, 5.41) is 3.05. The number of hydrogen-bond donors (Lipinski definition) is 3. The molecule has 2 fully saturated rings. The number of nitrogens with zero attached hydrogens (tertiary/aromatic N) is 1. The summed E-state index contributed by atoms with van der Waals surface area (Å²) < 4.78 is 0. The lowest BCUT2D eigenvalue weighted by Crippen LogP contribution is -3.27. The Kier molecular flexibility index (Phi) is 5.74. The van der Waals surface area contributed by atoms with Gasteiger partial charge in [0.15, 0.2) is 6.54 Å². The number of benzene rings is 1. The monoisotopic (exact) mass is 332 g/mol. The maximum Gasteiger partial charge on any atom is 0.279 e.